The van der Waals surface area contributed by atoms with Crippen molar-refractivity contribution in [2.24, 2.45) is 5.41 Å². The van der Waals surface area contributed by atoms with Gasteiger partial charge >= 0.3 is 0 Å². The maximum Gasteiger partial charge on any atom is 0.171 e. The Kier molecular flexibility index (Phi) is 7.89. The molecular weight excluding hydrogens is 516 g/mol. The van der Waals surface area contributed by atoms with E-state index in [0.717, 1.165) is 17.3 Å². The number of rotatable bonds is 9. The van der Waals surface area contributed by atoms with E-state index in [1.807, 2.05) is 55.8 Å². The third-order valence-corrected chi connectivity index (χ3v) is 10.3. The van der Waals surface area contributed by atoms with Gasteiger partial charge in [-0.25, -0.2) is 18.4 Å². The molecule has 206 valence electrons. The normalized spacial score (nSPS) is 16.9. The van der Waals surface area contributed by atoms with Crippen molar-refractivity contribution in [2.75, 3.05) is 30.9 Å². The molecule has 3 heterocycles. The molecule has 8 nitrogen and oxygen atoms in total. The van der Waals surface area contributed by atoms with Crippen molar-refractivity contribution < 1.29 is 17.9 Å². The molecule has 0 radical (unpaired) electrons. The van der Waals surface area contributed by atoms with Crippen LogP contribution in [0, 0.1) is 5.41 Å². The van der Waals surface area contributed by atoms with Crippen LogP contribution in [0.25, 0.3) is 22.4 Å². The molecule has 0 aliphatic carbocycles. The van der Waals surface area contributed by atoms with Crippen LogP contribution in [-0.4, -0.2) is 68.0 Å². The number of aromatic nitrogens is 3. The Hall–Kier alpha value is -2.56. The second-order valence-electron chi connectivity index (χ2n) is 12.6. The second kappa shape index (κ2) is 10.5. The Labute approximate surface area is 227 Å². The third kappa shape index (κ3) is 6.52. The van der Waals surface area contributed by atoms with Crippen molar-refractivity contribution in [1.29, 1.82) is 0 Å². The first-order valence-corrected chi connectivity index (χ1v) is 18.8. The maximum absolute atomic E-state index is 13.4. The quantitative estimate of drug-likeness (QED) is 0.201. The monoisotopic (exact) mass is 556 g/mol. The largest absolute Gasteiger partial charge is 0.370 e. The van der Waals surface area contributed by atoms with Crippen molar-refractivity contribution in [3.05, 3.63) is 42.2 Å². The number of hydrogen-bond donors (Lipinski definition) is 0. The van der Waals surface area contributed by atoms with Gasteiger partial charge in [-0.15, -0.1) is 0 Å². The van der Waals surface area contributed by atoms with Crippen molar-refractivity contribution in [3.8, 4) is 11.3 Å². The van der Waals surface area contributed by atoms with Gasteiger partial charge in [0.2, 0.25) is 0 Å². The molecule has 3 aromatic rings. The molecule has 1 unspecified atom stereocenters. The highest BCUT2D eigenvalue weighted by atomic mass is 32.2. The third-order valence-electron chi connectivity index (χ3n) is 6.98. The van der Waals surface area contributed by atoms with Crippen LogP contribution < -0.4 is 4.90 Å². The zero-order valence-corrected chi connectivity index (χ0v) is 25.4. The lowest BCUT2D eigenvalue weighted by atomic mass is 9.87. The Bertz CT molecular complexity index is 1440. The fourth-order valence-electron chi connectivity index (χ4n) is 4.57. The predicted molar refractivity (Wildman–Crippen MR) is 156 cm³/mol. The van der Waals surface area contributed by atoms with Crippen molar-refractivity contribution in [2.45, 2.75) is 64.9 Å². The fourth-order valence-corrected chi connectivity index (χ4v) is 6.32. The Balaban J connectivity index is 1.66. The minimum atomic E-state index is -3.08. The van der Waals surface area contributed by atoms with E-state index in [0.29, 0.717) is 55.3 Å². The van der Waals surface area contributed by atoms with E-state index >= 15 is 0 Å². The zero-order valence-electron chi connectivity index (χ0n) is 23.6. The van der Waals surface area contributed by atoms with Crippen LogP contribution in [-0.2, 0) is 21.3 Å². The summed E-state index contributed by atoms with van der Waals surface area (Å²) in [5, 5.41) is -0.346. The molecule has 1 aliphatic rings. The van der Waals surface area contributed by atoms with Crippen LogP contribution in [0.5, 0.6) is 0 Å². The van der Waals surface area contributed by atoms with Gasteiger partial charge in [0.15, 0.2) is 21.3 Å². The highest BCUT2D eigenvalue weighted by molar-refractivity contribution is 7.91. The first-order chi connectivity index (χ1) is 17.6. The molecule has 2 aromatic heterocycles. The summed E-state index contributed by atoms with van der Waals surface area (Å²) in [4.78, 5) is 25.1. The summed E-state index contributed by atoms with van der Waals surface area (Å²) in [6, 6.07) is 8.98. The second-order valence-corrected chi connectivity index (χ2v) is 20.6. The van der Waals surface area contributed by atoms with Crippen molar-refractivity contribution >= 4 is 40.5 Å². The number of fused-ring (bicyclic) bond motifs is 1. The maximum atomic E-state index is 13.4. The summed E-state index contributed by atoms with van der Waals surface area (Å²) in [6.45, 7) is 14.8. The summed E-state index contributed by atoms with van der Waals surface area (Å²) in [5.41, 5.74) is 3.66. The zero-order chi connectivity index (χ0) is 27.9. The number of nitrogens with zero attached hydrogens (tertiary/aromatic N) is 4. The highest BCUT2D eigenvalue weighted by Gasteiger charge is 2.31. The molecule has 0 amide bonds. The number of hydrogen-bond acceptors (Lipinski definition) is 7. The lowest BCUT2D eigenvalue weighted by molar-refractivity contribution is 0.0849. The lowest BCUT2D eigenvalue weighted by Gasteiger charge is -2.19. The first kappa shape index (κ1) is 28.4. The van der Waals surface area contributed by atoms with E-state index < -0.39 is 23.3 Å². The minimum absolute atomic E-state index is 0.00688. The SMILES string of the molecule is CC(C)(C)C(=O)c1cn(COCC[Si](C)(C)C)c2ncc(-c3cccc(N4CCC(S(C)(=O)=O)C4)c3)nc12. The van der Waals surface area contributed by atoms with Gasteiger partial charge in [0.05, 0.1) is 22.7 Å². The van der Waals surface area contributed by atoms with Crippen molar-refractivity contribution in [3.63, 3.8) is 0 Å². The summed E-state index contributed by atoms with van der Waals surface area (Å²) in [6.07, 6.45) is 5.49. The molecule has 1 aliphatic heterocycles. The average molecular weight is 557 g/mol. The number of carbonyl (C=O) groups is 1. The Morgan fingerprint density at radius 1 is 1.21 bits per heavy atom. The van der Waals surface area contributed by atoms with Gasteiger partial charge in [0.25, 0.3) is 0 Å². The lowest BCUT2D eigenvalue weighted by Crippen LogP contribution is -2.26. The summed E-state index contributed by atoms with van der Waals surface area (Å²) < 4.78 is 31.9. The average Bonchev–Trinajstić information content (AvgIpc) is 3.46. The molecule has 0 spiro atoms. The Morgan fingerprint density at radius 3 is 2.58 bits per heavy atom. The molecule has 0 bridgehead atoms. The van der Waals surface area contributed by atoms with Gasteiger partial charge in [-0.05, 0) is 24.6 Å². The predicted octanol–water partition coefficient (Wildman–Crippen LogP) is 5.26. The molecule has 10 heteroatoms. The minimum Gasteiger partial charge on any atom is -0.370 e. The molecule has 1 aromatic carbocycles. The molecule has 4 rings (SSSR count). The van der Waals surface area contributed by atoms with Crippen LogP contribution >= 0.6 is 0 Å². The highest BCUT2D eigenvalue weighted by Crippen LogP contribution is 2.31. The number of carbonyl (C=O) groups excluding carboxylic acids is 1. The first-order valence-electron chi connectivity index (χ1n) is 13.2. The molecule has 0 N–H and O–H groups in total. The van der Waals surface area contributed by atoms with Crippen LogP contribution in [0.1, 0.15) is 37.6 Å². The van der Waals surface area contributed by atoms with E-state index in [1.54, 1.807) is 6.20 Å². The standard InChI is InChI=1S/C28H40N4O4SSi/c1-28(2,3)26(33)23-18-32(19-36-13-14-38(5,6)7)27-25(23)30-24(16-29-27)20-9-8-10-21(15-20)31-12-11-22(17-31)37(4,34)35/h8-10,15-16,18,22H,11-14,17,19H2,1-7H3. The van der Waals surface area contributed by atoms with E-state index in [4.69, 9.17) is 14.7 Å². The molecule has 1 atom stereocenters. The van der Waals surface area contributed by atoms with Gasteiger partial charge < -0.3 is 14.2 Å². The fraction of sp³-hybridized carbons (Fsp3) is 0.536. The van der Waals surface area contributed by atoms with Gasteiger partial charge in [0, 0.05) is 56.9 Å². The topological polar surface area (TPSA) is 94.4 Å². The molecule has 38 heavy (non-hydrogen) atoms. The number of anilines is 1. The number of ether oxygens (including phenoxy) is 1. The number of Topliss-reactive ketones (excluding diaryl/α,β-unsaturated/α-hetero) is 1. The van der Waals surface area contributed by atoms with Gasteiger partial charge in [0.1, 0.15) is 12.2 Å². The summed E-state index contributed by atoms with van der Waals surface area (Å²) >= 11 is 0. The summed E-state index contributed by atoms with van der Waals surface area (Å²) in [5.74, 6) is 0.00688. The van der Waals surface area contributed by atoms with Gasteiger partial charge in [-0.1, -0.05) is 52.5 Å². The van der Waals surface area contributed by atoms with Gasteiger partial charge in [-0.3, -0.25) is 4.79 Å². The molecule has 1 fully saturated rings. The van der Waals surface area contributed by atoms with Gasteiger partial charge in [-0.2, -0.15) is 0 Å². The van der Waals surface area contributed by atoms with Crippen LogP contribution in [0.4, 0.5) is 5.69 Å². The van der Waals surface area contributed by atoms with Crippen LogP contribution in [0.2, 0.25) is 25.7 Å². The van der Waals surface area contributed by atoms with E-state index in [2.05, 4.69) is 24.5 Å². The summed E-state index contributed by atoms with van der Waals surface area (Å²) in [7, 11) is -4.28. The Morgan fingerprint density at radius 2 is 1.95 bits per heavy atom. The van der Waals surface area contributed by atoms with E-state index in [1.165, 1.54) is 6.26 Å². The number of sulfone groups is 1. The molecule has 1 saturated heterocycles. The van der Waals surface area contributed by atoms with Crippen molar-refractivity contribution in [1.82, 2.24) is 14.5 Å². The number of ketones is 1. The number of benzene rings is 1. The smallest absolute Gasteiger partial charge is 0.171 e. The van der Waals surface area contributed by atoms with Crippen LogP contribution in [0.15, 0.2) is 36.7 Å². The molecular formula is C28H40N4O4SSi. The van der Waals surface area contributed by atoms with E-state index in [-0.39, 0.29) is 11.0 Å². The molecule has 0 saturated carbocycles. The van der Waals surface area contributed by atoms with E-state index in [9.17, 15) is 13.2 Å². The van der Waals surface area contributed by atoms with Crippen LogP contribution in [0.3, 0.4) is 0 Å².